The monoisotopic (exact) mass is 313 g/mol. The van der Waals surface area contributed by atoms with Crippen LogP contribution in [0.1, 0.15) is 19.9 Å². The second kappa shape index (κ2) is 4.85. The Bertz CT molecular complexity index is 528. The largest absolute Gasteiger partial charge is 0.394 e. The summed E-state index contributed by atoms with van der Waals surface area (Å²) >= 11 is 0. The Morgan fingerprint density at radius 1 is 1.33 bits per heavy atom. The number of rotatable bonds is 3. The van der Waals surface area contributed by atoms with Crippen LogP contribution in [0.25, 0.3) is 0 Å². The van der Waals surface area contributed by atoms with Gasteiger partial charge in [-0.1, -0.05) is 24.9 Å². The molecule has 3 heterocycles. The van der Waals surface area contributed by atoms with Gasteiger partial charge in [0.15, 0.2) is 12.1 Å². The van der Waals surface area contributed by atoms with E-state index < -0.39 is 26.3 Å². The smallest absolute Gasteiger partial charge is 0.189 e. The zero-order valence-corrected chi connectivity index (χ0v) is 14.1. The first-order valence-electron chi connectivity index (χ1n) is 7.25. The second-order valence-corrected chi connectivity index (χ2v) is 12.1. The molecule has 0 bridgehead atoms. The molecule has 7 nitrogen and oxygen atoms in total. The van der Waals surface area contributed by atoms with Crippen LogP contribution in [-0.4, -0.2) is 59.1 Å². The first-order valence-corrected chi connectivity index (χ1v) is 10.8. The van der Waals surface area contributed by atoms with E-state index in [1.807, 2.05) is 24.7 Å². The van der Waals surface area contributed by atoms with E-state index in [2.05, 4.69) is 30.0 Å². The lowest BCUT2D eigenvalue weighted by Crippen LogP contribution is -2.48. The van der Waals surface area contributed by atoms with E-state index >= 15 is 0 Å². The zero-order valence-electron chi connectivity index (χ0n) is 13.1. The Balaban J connectivity index is 1.98. The molecule has 0 spiro atoms. The van der Waals surface area contributed by atoms with Gasteiger partial charge in [-0.3, -0.25) is 0 Å². The quantitative estimate of drug-likeness (QED) is 0.805. The van der Waals surface area contributed by atoms with Crippen LogP contribution in [0, 0.1) is 0 Å². The highest BCUT2D eigenvalue weighted by molar-refractivity contribution is 6.88. The Morgan fingerprint density at radius 3 is 2.67 bits per heavy atom. The summed E-state index contributed by atoms with van der Waals surface area (Å²) < 4.78 is 19.4. The fraction of sp³-hybridized carbons (Fsp3) is 0.846. The maximum Gasteiger partial charge on any atom is 0.189 e. The number of hydrogen-bond acceptors (Lipinski definition) is 6. The third kappa shape index (κ3) is 2.55. The van der Waals surface area contributed by atoms with Crippen LogP contribution < -0.4 is 5.32 Å². The average molecular weight is 313 g/mol. The minimum absolute atomic E-state index is 0.101. The summed E-state index contributed by atoms with van der Waals surface area (Å²) in [6.07, 6.45) is 0.664. The van der Waals surface area contributed by atoms with E-state index in [0.717, 1.165) is 5.32 Å². The summed E-state index contributed by atoms with van der Waals surface area (Å²) in [6, 6.07) is -0.217. The normalized spacial score (nSPS) is 35.1. The van der Waals surface area contributed by atoms with Gasteiger partial charge >= 0.3 is 0 Å². The Labute approximate surface area is 125 Å². The molecule has 2 aliphatic rings. The standard InChI is InChI=1S/C13H23N3O4Si/c1-13(2)19-11-10(8(7-17)18-12(11)20-13)16-9(6-14-15-16)21(3,4)5/h6,8,10-12,17H,7H2,1-5H3/t8-,10+,11-,12-/m1/s1. The Kier molecular flexibility index (Phi) is 3.49. The van der Waals surface area contributed by atoms with Gasteiger partial charge < -0.3 is 19.3 Å². The van der Waals surface area contributed by atoms with Crippen LogP contribution in [0.15, 0.2) is 6.20 Å². The van der Waals surface area contributed by atoms with Crippen molar-refractivity contribution in [3.8, 4) is 0 Å². The van der Waals surface area contributed by atoms with Gasteiger partial charge in [0.2, 0.25) is 0 Å². The number of aromatic nitrogens is 3. The predicted molar refractivity (Wildman–Crippen MR) is 77.8 cm³/mol. The topological polar surface area (TPSA) is 78.6 Å². The minimum atomic E-state index is -1.61. The van der Waals surface area contributed by atoms with Crippen LogP contribution in [0.5, 0.6) is 0 Å². The van der Waals surface area contributed by atoms with E-state index in [1.165, 1.54) is 0 Å². The highest BCUT2D eigenvalue weighted by Crippen LogP contribution is 2.42. The van der Waals surface area contributed by atoms with Crippen molar-refractivity contribution in [1.29, 1.82) is 0 Å². The summed E-state index contributed by atoms with van der Waals surface area (Å²) in [6.45, 7) is 10.3. The van der Waals surface area contributed by atoms with Crippen molar-refractivity contribution in [2.75, 3.05) is 6.61 Å². The zero-order chi connectivity index (χ0) is 15.4. The molecule has 1 aromatic heterocycles. The highest BCUT2D eigenvalue weighted by atomic mass is 28.3. The van der Waals surface area contributed by atoms with Gasteiger partial charge in [-0.15, -0.1) is 5.10 Å². The maximum atomic E-state index is 9.63. The SMILES string of the molecule is CC1(C)O[C@H]2O[C@H](CO)[C@H](n3nncc3[Si](C)(C)C)[C@H]2O1. The van der Waals surface area contributed by atoms with Crippen LogP contribution in [-0.2, 0) is 14.2 Å². The molecular weight excluding hydrogens is 290 g/mol. The van der Waals surface area contributed by atoms with Crippen molar-refractivity contribution in [3.05, 3.63) is 6.20 Å². The molecule has 3 rings (SSSR count). The molecule has 2 aliphatic heterocycles. The molecule has 2 fully saturated rings. The van der Waals surface area contributed by atoms with E-state index in [1.54, 1.807) is 0 Å². The van der Waals surface area contributed by atoms with Crippen molar-refractivity contribution in [2.24, 2.45) is 0 Å². The van der Waals surface area contributed by atoms with E-state index in [0.29, 0.717) is 0 Å². The third-order valence-corrected chi connectivity index (χ3v) is 5.82. The number of fused-ring (bicyclic) bond motifs is 1. The molecule has 0 amide bonds. The van der Waals surface area contributed by atoms with E-state index in [-0.39, 0.29) is 18.8 Å². The predicted octanol–water partition coefficient (Wildman–Crippen LogP) is 0.233. The molecule has 0 saturated carbocycles. The van der Waals surface area contributed by atoms with Crippen molar-refractivity contribution < 1.29 is 19.3 Å². The van der Waals surface area contributed by atoms with Gasteiger partial charge in [0.1, 0.15) is 26.3 Å². The van der Waals surface area contributed by atoms with Gasteiger partial charge in [0.25, 0.3) is 0 Å². The molecule has 0 radical (unpaired) electrons. The summed E-state index contributed by atoms with van der Waals surface area (Å²) in [4.78, 5) is 0. The molecule has 0 aliphatic carbocycles. The third-order valence-electron chi connectivity index (χ3n) is 3.92. The number of aliphatic hydroxyl groups excluding tert-OH is 1. The highest BCUT2D eigenvalue weighted by Gasteiger charge is 2.56. The lowest BCUT2D eigenvalue weighted by Gasteiger charge is -2.27. The van der Waals surface area contributed by atoms with Crippen LogP contribution in [0.3, 0.4) is 0 Å². The fourth-order valence-electron chi connectivity index (χ4n) is 3.01. The number of nitrogens with zero attached hydrogens (tertiary/aromatic N) is 3. The van der Waals surface area contributed by atoms with E-state index in [4.69, 9.17) is 14.2 Å². The van der Waals surface area contributed by atoms with Crippen molar-refractivity contribution in [3.63, 3.8) is 0 Å². The van der Waals surface area contributed by atoms with Gasteiger partial charge in [0.05, 0.1) is 12.8 Å². The minimum Gasteiger partial charge on any atom is -0.394 e. The molecule has 4 atom stereocenters. The van der Waals surface area contributed by atoms with Gasteiger partial charge in [-0.2, -0.15) is 0 Å². The van der Waals surface area contributed by atoms with Crippen molar-refractivity contribution in [1.82, 2.24) is 15.0 Å². The van der Waals surface area contributed by atoms with Crippen LogP contribution >= 0.6 is 0 Å². The molecular formula is C13H23N3O4Si. The summed E-state index contributed by atoms with van der Waals surface area (Å²) in [5, 5.41) is 19.1. The summed E-state index contributed by atoms with van der Waals surface area (Å²) in [5.41, 5.74) is 0. The van der Waals surface area contributed by atoms with E-state index in [9.17, 15) is 5.11 Å². The lowest BCUT2D eigenvalue weighted by atomic mass is 10.1. The molecule has 1 aromatic rings. The first kappa shape index (κ1) is 15.1. The Hall–Kier alpha value is -0.803. The molecule has 0 aromatic carbocycles. The fourth-order valence-corrected chi connectivity index (χ4v) is 4.33. The van der Waals surface area contributed by atoms with Gasteiger partial charge in [0, 0.05) is 5.32 Å². The molecule has 0 unspecified atom stereocenters. The molecule has 21 heavy (non-hydrogen) atoms. The van der Waals surface area contributed by atoms with Gasteiger partial charge in [-0.25, -0.2) is 4.68 Å². The maximum absolute atomic E-state index is 9.63. The van der Waals surface area contributed by atoms with Gasteiger partial charge in [-0.05, 0) is 13.8 Å². The first-order chi connectivity index (χ1) is 9.73. The average Bonchev–Trinajstić information content (AvgIpc) is 2.98. The molecule has 2 saturated heterocycles. The van der Waals surface area contributed by atoms with Crippen molar-refractivity contribution >= 4 is 13.4 Å². The molecule has 118 valence electrons. The second-order valence-electron chi connectivity index (χ2n) is 7.13. The van der Waals surface area contributed by atoms with Crippen molar-refractivity contribution in [2.45, 2.75) is 63.8 Å². The van der Waals surface area contributed by atoms with Crippen LogP contribution in [0.4, 0.5) is 0 Å². The number of hydrogen-bond donors (Lipinski definition) is 1. The molecule has 1 N–H and O–H groups in total. The number of aliphatic hydroxyl groups is 1. The summed E-state index contributed by atoms with van der Waals surface area (Å²) in [5.74, 6) is -0.687. The lowest BCUT2D eigenvalue weighted by molar-refractivity contribution is -0.212. The van der Waals surface area contributed by atoms with Crippen LogP contribution in [0.2, 0.25) is 19.6 Å². The summed E-state index contributed by atoms with van der Waals surface area (Å²) in [7, 11) is -1.61. The molecule has 8 heteroatoms. The number of ether oxygens (including phenoxy) is 3. The Morgan fingerprint density at radius 2 is 2.05 bits per heavy atom.